The van der Waals surface area contributed by atoms with E-state index in [2.05, 4.69) is 5.32 Å². The van der Waals surface area contributed by atoms with Crippen LogP contribution in [0, 0.1) is 6.92 Å². The second-order valence-electron chi connectivity index (χ2n) is 5.57. The molecule has 1 aromatic carbocycles. The Kier molecular flexibility index (Phi) is 5.52. The molecule has 0 bridgehead atoms. The number of pyridine rings is 1. The number of rotatable bonds is 6. The number of aliphatic carboxylic acids is 1. The number of carboxylic acid groups (broad SMARTS) is 1. The third-order valence-electron chi connectivity index (χ3n) is 3.78. The molecule has 0 aliphatic heterocycles. The van der Waals surface area contributed by atoms with Crippen molar-refractivity contribution in [1.29, 1.82) is 0 Å². The van der Waals surface area contributed by atoms with Gasteiger partial charge >= 0.3 is 5.97 Å². The van der Waals surface area contributed by atoms with Gasteiger partial charge in [0.25, 0.3) is 5.56 Å². The summed E-state index contributed by atoms with van der Waals surface area (Å²) in [6, 6.07) is 9.61. The van der Waals surface area contributed by atoms with E-state index in [0.29, 0.717) is 12.0 Å². The van der Waals surface area contributed by atoms with E-state index in [9.17, 15) is 19.5 Å². The van der Waals surface area contributed by atoms with Gasteiger partial charge < -0.3 is 15.0 Å². The summed E-state index contributed by atoms with van der Waals surface area (Å²) in [6.07, 6.45) is 1.98. The van der Waals surface area contributed by atoms with Crippen LogP contribution in [0.15, 0.2) is 53.5 Å². The molecule has 2 unspecified atom stereocenters. The molecule has 2 N–H and O–H groups in total. The van der Waals surface area contributed by atoms with Gasteiger partial charge in [-0.25, -0.2) is 4.79 Å². The maximum atomic E-state index is 12.6. The highest BCUT2D eigenvalue weighted by molar-refractivity contribution is 5.86. The molecule has 6 nitrogen and oxygen atoms in total. The van der Waals surface area contributed by atoms with Gasteiger partial charge in [-0.1, -0.05) is 43.3 Å². The summed E-state index contributed by atoms with van der Waals surface area (Å²) in [5.74, 6) is -1.65. The molecular weight excluding hydrogens is 308 g/mol. The predicted molar refractivity (Wildman–Crippen MR) is 89.7 cm³/mol. The molecule has 1 heterocycles. The van der Waals surface area contributed by atoms with Crippen LogP contribution in [0.1, 0.15) is 36.6 Å². The first-order valence-electron chi connectivity index (χ1n) is 7.71. The van der Waals surface area contributed by atoms with Gasteiger partial charge in [0, 0.05) is 12.3 Å². The maximum absolute atomic E-state index is 12.6. The van der Waals surface area contributed by atoms with Crippen LogP contribution >= 0.6 is 0 Å². The first-order chi connectivity index (χ1) is 11.4. The van der Waals surface area contributed by atoms with Crippen molar-refractivity contribution in [3.63, 3.8) is 0 Å². The number of carboxylic acids is 1. The molecule has 24 heavy (non-hydrogen) atoms. The molecule has 0 radical (unpaired) electrons. The number of hydrogen-bond acceptors (Lipinski definition) is 3. The minimum atomic E-state index is -1.16. The molecule has 2 aromatic rings. The zero-order chi connectivity index (χ0) is 17.7. The molecule has 6 heteroatoms. The third kappa shape index (κ3) is 3.90. The molecular formula is C18H20N2O4. The van der Waals surface area contributed by atoms with Gasteiger partial charge in [-0.15, -0.1) is 0 Å². The topological polar surface area (TPSA) is 88.4 Å². The monoisotopic (exact) mass is 328 g/mol. The van der Waals surface area contributed by atoms with E-state index in [1.807, 2.05) is 6.92 Å². The Hall–Kier alpha value is -2.89. The van der Waals surface area contributed by atoms with Crippen LogP contribution in [0.3, 0.4) is 0 Å². The fraction of sp³-hybridized carbons (Fsp3) is 0.278. The van der Waals surface area contributed by atoms with Crippen LogP contribution in [-0.2, 0) is 9.59 Å². The highest BCUT2D eigenvalue weighted by atomic mass is 16.4. The van der Waals surface area contributed by atoms with Crippen molar-refractivity contribution in [2.45, 2.75) is 32.4 Å². The molecule has 1 aromatic heterocycles. The van der Waals surface area contributed by atoms with E-state index in [4.69, 9.17) is 0 Å². The SMILES string of the molecule is CCC(C(=O)NC(C(=O)O)c1ccccc1)n1cc(C)ccc1=O. The minimum absolute atomic E-state index is 0.297. The number of hydrogen-bond donors (Lipinski definition) is 2. The maximum Gasteiger partial charge on any atom is 0.330 e. The van der Waals surface area contributed by atoms with Crippen molar-refractivity contribution in [2.75, 3.05) is 0 Å². The Labute approximate surface area is 139 Å². The smallest absolute Gasteiger partial charge is 0.330 e. The zero-order valence-electron chi connectivity index (χ0n) is 13.6. The summed E-state index contributed by atoms with van der Waals surface area (Å²) in [5.41, 5.74) is 1.03. The summed E-state index contributed by atoms with van der Waals surface area (Å²) in [6.45, 7) is 3.60. The first-order valence-corrected chi connectivity index (χ1v) is 7.71. The number of carbonyl (C=O) groups excluding carboxylic acids is 1. The number of benzene rings is 1. The van der Waals surface area contributed by atoms with Crippen molar-refractivity contribution in [1.82, 2.24) is 9.88 Å². The molecule has 0 aliphatic rings. The lowest BCUT2D eigenvalue weighted by Gasteiger charge is -2.21. The van der Waals surface area contributed by atoms with Gasteiger partial charge in [-0.3, -0.25) is 9.59 Å². The molecule has 0 saturated heterocycles. The van der Waals surface area contributed by atoms with Crippen LogP contribution in [0.4, 0.5) is 0 Å². The molecule has 0 spiro atoms. The van der Waals surface area contributed by atoms with Crippen molar-refractivity contribution in [3.8, 4) is 0 Å². The highest BCUT2D eigenvalue weighted by Crippen LogP contribution is 2.16. The molecule has 0 fully saturated rings. The van der Waals surface area contributed by atoms with Crippen molar-refractivity contribution in [2.24, 2.45) is 0 Å². The fourth-order valence-corrected chi connectivity index (χ4v) is 2.54. The molecule has 126 valence electrons. The van der Waals surface area contributed by atoms with Crippen LogP contribution < -0.4 is 10.9 Å². The third-order valence-corrected chi connectivity index (χ3v) is 3.78. The van der Waals surface area contributed by atoms with E-state index < -0.39 is 24.0 Å². The predicted octanol–water partition coefficient (Wildman–Crippen LogP) is 2.05. The van der Waals surface area contributed by atoms with E-state index >= 15 is 0 Å². The van der Waals surface area contributed by atoms with Crippen molar-refractivity contribution >= 4 is 11.9 Å². The van der Waals surface area contributed by atoms with Crippen LogP contribution in [0.25, 0.3) is 0 Å². The van der Waals surface area contributed by atoms with Gasteiger partial charge in [-0.05, 0) is 24.5 Å². The Morgan fingerprint density at radius 3 is 2.42 bits per heavy atom. The normalized spacial score (nSPS) is 13.1. The molecule has 2 rings (SSSR count). The molecule has 1 amide bonds. The summed E-state index contributed by atoms with van der Waals surface area (Å²) in [5, 5.41) is 11.9. The Morgan fingerprint density at radius 1 is 1.17 bits per heavy atom. The van der Waals surface area contributed by atoms with E-state index in [1.165, 1.54) is 10.6 Å². The van der Waals surface area contributed by atoms with Crippen molar-refractivity contribution in [3.05, 3.63) is 70.1 Å². The second kappa shape index (κ2) is 7.59. The average Bonchev–Trinajstić information content (AvgIpc) is 2.57. The second-order valence-corrected chi connectivity index (χ2v) is 5.57. The quantitative estimate of drug-likeness (QED) is 0.849. The van der Waals surface area contributed by atoms with E-state index in [0.717, 1.165) is 5.56 Å². The van der Waals surface area contributed by atoms with E-state index in [-0.39, 0.29) is 5.56 Å². The Balaban J connectivity index is 2.29. The largest absolute Gasteiger partial charge is 0.479 e. The molecule has 2 atom stereocenters. The number of aryl methyl sites for hydroxylation is 1. The van der Waals surface area contributed by atoms with Gasteiger partial charge in [0.15, 0.2) is 6.04 Å². The minimum Gasteiger partial charge on any atom is -0.479 e. The molecule has 0 saturated carbocycles. The lowest BCUT2D eigenvalue weighted by molar-refractivity contribution is -0.142. The highest BCUT2D eigenvalue weighted by Gasteiger charge is 2.27. The lowest BCUT2D eigenvalue weighted by Crippen LogP contribution is -2.41. The average molecular weight is 328 g/mol. The summed E-state index contributed by atoms with van der Waals surface area (Å²) in [4.78, 5) is 36.1. The van der Waals surface area contributed by atoms with Crippen molar-refractivity contribution < 1.29 is 14.7 Å². The van der Waals surface area contributed by atoms with E-state index in [1.54, 1.807) is 49.5 Å². The van der Waals surface area contributed by atoms with Gasteiger partial charge in [0.05, 0.1) is 0 Å². The Bertz CT molecular complexity index is 783. The van der Waals surface area contributed by atoms with Gasteiger partial charge in [0.2, 0.25) is 5.91 Å². The summed E-state index contributed by atoms with van der Waals surface area (Å²) < 4.78 is 1.34. The Morgan fingerprint density at radius 2 is 1.83 bits per heavy atom. The number of nitrogens with zero attached hydrogens (tertiary/aromatic N) is 1. The fourth-order valence-electron chi connectivity index (χ4n) is 2.54. The standard InChI is InChI=1S/C18H20N2O4/c1-3-14(20-11-12(2)9-10-15(20)21)17(22)19-16(18(23)24)13-7-5-4-6-8-13/h4-11,14,16H,3H2,1-2H3,(H,19,22)(H,23,24). The number of amides is 1. The first kappa shape index (κ1) is 17.5. The van der Waals surface area contributed by atoms with Gasteiger partial charge in [-0.2, -0.15) is 0 Å². The lowest BCUT2D eigenvalue weighted by atomic mass is 10.1. The number of aromatic nitrogens is 1. The van der Waals surface area contributed by atoms with Gasteiger partial charge in [0.1, 0.15) is 6.04 Å². The van der Waals surface area contributed by atoms with Crippen LogP contribution in [0.2, 0.25) is 0 Å². The summed E-state index contributed by atoms with van der Waals surface area (Å²) >= 11 is 0. The molecule has 0 aliphatic carbocycles. The van der Waals surface area contributed by atoms with Crippen LogP contribution in [-0.4, -0.2) is 21.6 Å². The number of nitrogens with one attached hydrogen (secondary N) is 1. The summed E-state index contributed by atoms with van der Waals surface area (Å²) in [7, 11) is 0. The van der Waals surface area contributed by atoms with Crippen LogP contribution in [0.5, 0.6) is 0 Å². The number of carbonyl (C=O) groups is 2. The zero-order valence-corrected chi connectivity index (χ0v) is 13.6.